The Morgan fingerprint density at radius 2 is 2.11 bits per heavy atom. The Balaban J connectivity index is 1.67. The average molecular weight is 363 g/mol. The van der Waals surface area contributed by atoms with E-state index in [9.17, 15) is 4.79 Å². The summed E-state index contributed by atoms with van der Waals surface area (Å²) in [4.78, 5) is 16.0. The summed E-state index contributed by atoms with van der Waals surface area (Å²) < 4.78 is 12.9. The molecule has 0 aliphatic rings. The van der Waals surface area contributed by atoms with Crippen LogP contribution in [0.3, 0.4) is 0 Å². The van der Waals surface area contributed by atoms with Crippen LogP contribution in [0.15, 0.2) is 47.2 Å². The molecule has 0 N–H and O–H groups in total. The third-order valence-electron chi connectivity index (χ3n) is 4.21. The number of carbonyl (C=O) groups excluding carboxylic acids is 1. The van der Waals surface area contributed by atoms with Crippen LogP contribution in [0.25, 0.3) is 22.5 Å². The number of hydrogen-bond acceptors (Lipinski definition) is 7. The van der Waals surface area contributed by atoms with E-state index in [2.05, 4.69) is 34.3 Å². The van der Waals surface area contributed by atoms with E-state index in [0.717, 1.165) is 17.0 Å². The minimum atomic E-state index is 0.203. The number of fused-ring (bicyclic) bond motifs is 1. The van der Waals surface area contributed by atoms with E-state index < -0.39 is 0 Å². The highest BCUT2D eigenvalue weighted by atomic mass is 16.5. The summed E-state index contributed by atoms with van der Waals surface area (Å²) in [6.45, 7) is 4.36. The molecule has 0 spiro atoms. The molecule has 0 bridgehead atoms. The molecule has 0 unspecified atom stereocenters. The van der Waals surface area contributed by atoms with Gasteiger partial charge in [0.15, 0.2) is 6.29 Å². The minimum Gasteiger partial charge on any atom is -0.488 e. The van der Waals surface area contributed by atoms with Crippen molar-refractivity contribution in [2.45, 2.75) is 26.5 Å². The van der Waals surface area contributed by atoms with Crippen molar-refractivity contribution in [3.05, 3.63) is 53.9 Å². The first kappa shape index (κ1) is 16.9. The Bertz CT molecular complexity index is 1100. The highest BCUT2D eigenvalue weighted by molar-refractivity contribution is 5.95. The van der Waals surface area contributed by atoms with Crippen LogP contribution >= 0.6 is 0 Å². The number of hydrogen-bond donors (Lipinski definition) is 0. The second-order valence-corrected chi connectivity index (χ2v) is 6.27. The fourth-order valence-corrected chi connectivity index (χ4v) is 2.94. The number of nitrogens with zero attached hydrogens (tertiary/aromatic N) is 5. The van der Waals surface area contributed by atoms with Gasteiger partial charge in [-0.25, -0.2) is 0 Å². The third kappa shape index (κ3) is 3.05. The van der Waals surface area contributed by atoms with E-state index in [1.165, 1.54) is 0 Å². The van der Waals surface area contributed by atoms with Crippen molar-refractivity contribution >= 4 is 17.4 Å². The summed E-state index contributed by atoms with van der Waals surface area (Å²) >= 11 is 0. The summed E-state index contributed by atoms with van der Waals surface area (Å²) in [6.07, 6.45) is 4.17. The number of ether oxygens (including phenoxy) is 1. The standard InChI is InChI=1S/C19H17N5O3/c1-12(2)24-16(7-9-21-24)18-13(4-3-8-20-18)11-26-17-6-5-15-19(14(17)10-25)27-23-22-15/h3-10,12H,11H2,1-2H3. The maximum Gasteiger partial charge on any atom is 0.201 e. The molecule has 0 saturated heterocycles. The lowest BCUT2D eigenvalue weighted by Gasteiger charge is -2.14. The Hall–Kier alpha value is -3.55. The first-order chi connectivity index (χ1) is 13.2. The number of carbonyl (C=O) groups is 1. The molecule has 0 atom stereocenters. The number of aromatic nitrogens is 5. The molecule has 136 valence electrons. The minimum absolute atomic E-state index is 0.203. The predicted molar refractivity (Wildman–Crippen MR) is 97.4 cm³/mol. The Morgan fingerprint density at radius 1 is 1.22 bits per heavy atom. The molecule has 8 nitrogen and oxygen atoms in total. The Labute approximate surface area is 154 Å². The lowest BCUT2D eigenvalue weighted by Crippen LogP contribution is -2.08. The molecular formula is C19H17N5O3. The average Bonchev–Trinajstić information content (AvgIpc) is 3.35. The fraction of sp³-hybridized carbons (Fsp3) is 0.211. The molecule has 4 aromatic rings. The van der Waals surface area contributed by atoms with Gasteiger partial charge >= 0.3 is 0 Å². The molecule has 1 aromatic carbocycles. The van der Waals surface area contributed by atoms with Crippen LogP contribution in [-0.4, -0.2) is 31.4 Å². The van der Waals surface area contributed by atoms with Gasteiger partial charge in [-0.1, -0.05) is 6.07 Å². The molecule has 8 heteroatoms. The molecule has 0 aliphatic carbocycles. The molecule has 3 aromatic heterocycles. The van der Waals surface area contributed by atoms with Gasteiger partial charge in [0.05, 0.1) is 11.4 Å². The van der Waals surface area contributed by atoms with Crippen molar-refractivity contribution in [1.82, 2.24) is 25.1 Å². The lowest BCUT2D eigenvalue weighted by atomic mass is 10.1. The van der Waals surface area contributed by atoms with Crippen LogP contribution < -0.4 is 4.74 Å². The zero-order valence-electron chi connectivity index (χ0n) is 14.9. The number of pyridine rings is 1. The molecule has 0 aliphatic heterocycles. The van der Waals surface area contributed by atoms with Crippen molar-refractivity contribution < 1.29 is 14.1 Å². The van der Waals surface area contributed by atoms with Crippen LogP contribution in [0.5, 0.6) is 5.75 Å². The summed E-state index contributed by atoms with van der Waals surface area (Å²) in [7, 11) is 0. The SMILES string of the molecule is CC(C)n1nccc1-c1ncccc1COc1ccc2nnoc2c1C=O. The second-order valence-electron chi connectivity index (χ2n) is 6.27. The van der Waals surface area contributed by atoms with Crippen molar-refractivity contribution in [2.75, 3.05) is 0 Å². The first-order valence-electron chi connectivity index (χ1n) is 8.50. The zero-order valence-corrected chi connectivity index (χ0v) is 14.9. The smallest absolute Gasteiger partial charge is 0.201 e. The van der Waals surface area contributed by atoms with Crippen LogP contribution in [0.2, 0.25) is 0 Å². The molecule has 3 heterocycles. The van der Waals surface area contributed by atoms with E-state index in [0.29, 0.717) is 23.1 Å². The predicted octanol–water partition coefficient (Wildman–Crippen LogP) is 3.45. The third-order valence-corrected chi connectivity index (χ3v) is 4.21. The quantitative estimate of drug-likeness (QED) is 0.484. The molecular weight excluding hydrogens is 346 g/mol. The van der Waals surface area contributed by atoms with Gasteiger partial charge in [0, 0.05) is 29.3 Å². The highest BCUT2D eigenvalue weighted by Gasteiger charge is 2.16. The van der Waals surface area contributed by atoms with Crippen molar-refractivity contribution in [2.24, 2.45) is 0 Å². The maximum absolute atomic E-state index is 11.5. The molecule has 0 fully saturated rings. The number of aldehydes is 1. The monoisotopic (exact) mass is 363 g/mol. The normalized spacial score (nSPS) is 11.2. The van der Waals surface area contributed by atoms with E-state index in [4.69, 9.17) is 9.26 Å². The van der Waals surface area contributed by atoms with E-state index in [1.807, 2.05) is 22.9 Å². The van der Waals surface area contributed by atoms with Gasteiger partial charge in [-0.2, -0.15) is 5.10 Å². The molecule has 27 heavy (non-hydrogen) atoms. The molecule has 0 saturated carbocycles. The van der Waals surface area contributed by atoms with E-state index in [-0.39, 0.29) is 18.2 Å². The Morgan fingerprint density at radius 3 is 2.93 bits per heavy atom. The van der Waals surface area contributed by atoms with Crippen LogP contribution in [0.1, 0.15) is 35.8 Å². The van der Waals surface area contributed by atoms with Gasteiger partial charge in [0.25, 0.3) is 0 Å². The van der Waals surface area contributed by atoms with Gasteiger partial charge in [-0.3, -0.25) is 14.5 Å². The molecule has 0 radical (unpaired) electrons. The van der Waals surface area contributed by atoms with Gasteiger partial charge in [-0.05, 0) is 38.1 Å². The van der Waals surface area contributed by atoms with Gasteiger partial charge in [0.2, 0.25) is 5.58 Å². The van der Waals surface area contributed by atoms with Crippen LogP contribution in [-0.2, 0) is 6.61 Å². The summed E-state index contributed by atoms with van der Waals surface area (Å²) in [5, 5.41) is 11.7. The van der Waals surface area contributed by atoms with E-state index in [1.54, 1.807) is 24.5 Å². The lowest BCUT2D eigenvalue weighted by molar-refractivity contribution is 0.111. The number of rotatable bonds is 6. The van der Waals surface area contributed by atoms with Crippen LogP contribution in [0.4, 0.5) is 0 Å². The van der Waals surface area contributed by atoms with Gasteiger partial charge in [0.1, 0.15) is 23.4 Å². The van der Waals surface area contributed by atoms with Crippen LogP contribution in [0, 0.1) is 0 Å². The van der Waals surface area contributed by atoms with Gasteiger partial charge < -0.3 is 9.26 Å². The van der Waals surface area contributed by atoms with Crippen molar-refractivity contribution in [3.63, 3.8) is 0 Å². The molecule has 0 amide bonds. The van der Waals surface area contributed by atoms with Gasteiger partial charge in [-0.15, -0.1) is 5.10 Å². The topological polar surface area (TPSA) is 95.9 Å². The van der Waals surface area contributed by atoms with Crippen molar-refractivity contribution in [1.29, 1.82) is 0 Å². The highest BCUT2D eigenvalue weighted by Crippen LogP contribution is 2.28. The van der Waals surface area contributed by atoms with E-state index >= 15 is 0 Å². The Kier molecular flexibility index (Phi) is 4.37. The molecule has 4 rings (SSSR count). The summed E-state index contributed by atoms with van der Waals surface area (Å²) in [6, 6.07) is 9.30. The second kappa shape index (κ2) is 6.99. The summed E-state index contributed by atoms with van der Waals surface area (Å²) in [5.41, 5.74) is 3.69. The van der Waals surface area contributed by atoms with Crippen molar-refractivity contribution in [3.8, 4) is 17.1 Å². The zero-order chi connectivity index (χ0) is 18.8. The first-order valence-corrected chi connectivity index (χ1v) is 8.50. The summed E-state index contributed by atoms with van der Waals surface area (Å²) in [5.74, 6) is 0.406. The maximum atomic E-state index is 11.5. The number of benzene rings is 1. The fourth-order valence-electron chi connectivity index (χ4n) is 2.94. The largest absolute Gasteiger partial charge is 0.488 e.